The number of alkyl halides is 2. The van der Waals surface area contributed by atoms with Gasteiger partial charge in [0, 0.05) is 0 Å². The number of rotatable bonds is 7. The molecule has 0 radical (unpaired) electrons. The molecule has 1 aromatic carbocycles. The van der Waals surface area contributed by atoms with Gasteiger partial charge >= 0.3 is 0 Å². The van der Waals surface area contributed by atoms with Crippen molar-refractivity contribution in [3.05, 3.63) is 29.3 Å². The molecule has 112 valence electrons. The standard InChI is InChI=1S/C13H17ClF2N2O2/c1-2-10(12(19)18-8-13(15,16)7-17)20-11-6-4-3-5-9(11)14/h3-6,10H,2,7-8,17H2,1H3,(H,18,19). The Kier molecular flexibility index (Phi) is 6.16. The summed E-state index contributed by atoms with van der Waals surface area (Å²) >= 11 is 5.91. The van der Waals surface area contributed by atoms with Gasteiger partial charge < -0.3 is 15.8 Å². The lowest BCUT2D eigenvalue weighted by Gasteiger charge is -2.20. The number of ether oxygens (including phenoxy) is 1. The fraction of sp³-hybridized carbons (Fsp3) is 0.462. The van der Waals surface area contributed by atoms with Crippen LogP contribution in [-0.4, -0.2) is 31.0 Å². The summed E-state index contributed by atoms with van der Waals surface area (Å²) in [5.74, 6) is -3.42. The van der Waals surface area contributed by atoms with Crippen molar-refractivity contribution >= 4 is 17.5 Å². The van der Waals surface area contributed by atoms with E-state index in [0.717, 1.165) is 0 Å². The number of nitrogens with two attached hydrogens (primary N) is 1. The van der Waals surface area contributed by atoms with Crippen LogP contribution >= 0.6 is 11.6 Å². The van der Waals surface area contributed by atoms with Crippen molar-refractivity contribution in [1.29, 1.82) is 0 Å². The molecule has 1 amide bonds. The summed E-state index contributed by atoms with van der Waals surface area (Å²) in [4.78, 5) is 11.8. The molecule has 0 saturated carbocycles. The second-order valence-corrected chi connectivity index (χ2v) is 4.63. The van der Waals surface area contributed by atoms with Crippen molar-refractivity contribution in [2.45, 2.75) is 25.4 Å². The molecule has 0 aliphatic heterocycles. The van der Waals surface area contributed by atoms with E-state index in [2.05, 4.69) is 5.32 Å². The maximum absolute atomic E-state index is 13.0. The monoisotopic (exact) mass is 306 g/mol. The molecule has 0 bridgehead atoms. The highest BCUT2D eigenvalue weighted by Crippen LogP contribution is 2.24. The Bertz CT molecular complexity index is 458. The smallest absolute Gasteiger partial charge is 0.277 e. The molecule has 20 heavy (non-hydrogen) atoms. The van der Waals surface area contributed by atoms with Gasteiger partial charge in [0.2, 0.25) is 0 Å². The van der Waals surface area contributed by atoms with E-state index in [9.17, 15) is 13.6 Å². The van der Waals surface area contributed by atoms with Gasteiger partial charge in [0.05, 0.1) is 18.1 Å². The van der Waals surface area contributed by atoms with Gasteiger partial charge in [-0.05, 0) is 18.6 Å². The molecular formula is C13H17ClF2N2O2. The highest BCUT2D eigenvalue weighted by molar-refractivity contribution is 6.32. The normalized spacial score (nSPS) is 12.8. The molecule has 1 rings (SSSR count). The second-order valence-electron chi connectivity index (χ2n) is 4.22. The number of carbonyl (C=O) groups excluding carboxylic acids is 1. The van der Waals surface area contributed by atoms with E-state index in [-0.39, 0.29) is 0 Å². The summed E-state index contributed by atoms with van der Waals surface area (Å²) in [6.07, 6.45) is -0.561. The Morgan fingerprint density at radius 2 is 2.15 bits per heavy atom. The van der Waals surface area contributed by atoms with Crippen LogP contribution in [0, 0.1) is 0 Å². The van der Waals surface area contributed by atoms with Crippen molar-refractivity contribution in [1.82, 2.24) is 5.32 Å². The topological polar surface area (TPSA) is 64.3 Å². The Hall–Kier alpha value is -1.40. The number of para-hydroxylation sites is 1. The Balaban J connectivity index is 2.62. The molecule has 0 saturated heterocycles. The number of benzene rings is 1. The van der Waals surface area contributed by atoms with E-state index in [4.69, 9.17) is 22.1 Å². The predicted molar refractivity (Wildman–Crippen MR) is 73.2 cm³/mol. The first kappa shape index (κ1) is 16.7. The quantitative estimate of drug-likeness (QED) is 0.812. The summed E-state index contributed by atoms with van der Waals surface area (Å²) in [7, 11) is 0. The zero-order valence-electron chi connectivity index (χ0n) is 11.0. The highest BCUT2D eigenvalue weighted by Gasteiger charge is 2.29. The number of halogens is 3. The molecule has 1 atom stereocenters. The van der Waals surface area contributed by atoms with E-state index in [1.54, 1.807) is 31.2 Å². The van der Waals surface area contributed by atoms with E-state index in [1.165, 1.54) is 0 Å². The first-order valence-electron chi connectivity index (χ1n) is 6.16. The van der Waals surface area contributed by atoms with E-state index >= 15 is 0 Å². The van der Waals surface area contributed by atoms with Crippen molar-refractivity contribution in [3.8, 4) is 5.75 Å². The molecular weight excluding hydrogens is 290 g/mol. The van der Waals surface area contributed by atoms with Crippen LogP contribution in [0.2, 0.25) is 5.02 Å². The molecule has 0 aliphatic rings. The molecule has 1 unspecified atom stereocenters. The molecule has 7 heteroatoms. The van der Waals surface area contributed by atoms with Crippen molar-refractivity contribution in [2.75, 3.05) is 13.1 Å². The predicted octanol–water partition coefficient (Wildman–Crippen LogP) is 2.21. The van der Waals surface area contributed by atoms with Crippen LogP contribution in [0.1, 0.15) is 13.3 Å². The molecule has 0 fully saturated rings. The summed E-state index contributed by atoms with van der Waals surface area (Å²) in [5.41, 5.74) is 4.89. The minimum atomic E-state index is -3.13. The van der Waals surface area contributed by atoms with Gasteiger partial charge in [-0.3, -0.25) is 4.79 Å². The first-order chi connectivity index (χ1) is 9.39. The number of carbonyl (C=O) groups is 1. The van der Waals surface area contributed by atoms with Crippen LogP contribution in [0.25, 0.3) is 0 Å². The van der Waals surface area contributed by atoms with Gasteiger partial charge in [0.25, 0.3) is 11.8 Å². The summed E-state index contributed by atoms with van der Waals surface area (Å²) in [6.45, 7) is 0.0717. The second kappa shape index (κ2) is 7.40. The molecule has 3 N–H and O–H groups in total. The van der Waals surface area contributed by atoms with Crippen LogP contribution in [0.5, 0.6) is 5.75 Å². The average molecular weight is 307 g/mol. The van der Waals surface area contributed by atoms with Gasteiger partial charge in [-0.25, -0.2) is 8.78 Å². The number of hydrogen-bond acceptors (Lipinski definition) is 3. The Labute approximate surface area is 121 Å². The molecule has 0 aromatic heterocycles. The first-order valence-corrected chi connectivity index (χ1v) is 6.54. The summed E-state index contributed by atoms with van der Waals surface area (Å²) in [5, 5.41) is 2.48. The lowest BCUT2D eigenvalue weighted by atomic mass is 10.2. The third kappa shape index (κ3) is 4.94. The van der Waals surface area contributed by atoms with E-state index < -0.39 is 31.0 Å². The van der Waals surface area contributed by atoms with Crippen LogP contribution in [-0.2, 0) is 4.79 Å². The number of amides is 1. The summed E-state index contributed by atoms with van der Waals surface area (Å²) in [6, 6.07) is 6.64. The van der Waals surface area contributed by atoms with Gasteiger partial charge in [-0.15, -0.1) is 0 Å². The highest BCUT2D eigenvalue weighted by atomic mass is 35.5. The van der Waals surface area contributed by atoms with Gasteiger partial charge in [-0.1, -0.05) is 30.7 Å². The van der Waals surface area contributed by atoms with Crippen molar-refractivity contribution < 1.29 is 18.3 Å². The van der Waals surface area contributed by atoms with Crippen LogP contribution in [0.4, 0.5) is 8.78 Å². The molecule has 0 spiro atoms. The molecule has 1 aromatic rings. The van der Waals surface area contributed by atoms with Gasteiger partial charge in [0.15, 0.2) is 6.10 Å². The fourth-order valence-electron chi connectivity index (χ4n) is 1.42. The Morgan fingerprint density at radius 1 is 1.50 bits per heavy atom. The average Bonchev–Trinajstić information content (AvgIpc) is 2.44. The van der Waals surface area contributed by atoms with E-state index in [1.807, 2.05) is 0 Å². The zero-order valence-corrected chi connectivity index (χ0v) is 11.8. The largest absolute Gasteiger partial charge is 0.479 e. The SMILES string of the molecule is CCC(Oc1ccccc1Cl)C(=O)NCC(F)(F)CN. The van der Waals surface area contributed by atoms with Crippen molar-refractivity contribution in [3.63, 3.8) is 0 Å². The third-order valence-corrected chi connectivity index (χ3v) is 2.90. The van der Waals surface area contributed by atoms with Crippen LogP contribution in [0.3, 0.4) is 0 Å². The van der Waals surface area contributed by atoms with Crippen LogP contribution in [0.15, 0.2) is 24.3 Å². The molecule has 0 heterocycles. The maximum atomic E-state index is 13.0. The summed E-state index contributed by atoms with van der Waals surface area (Å²) < 4.78 is 31.4. The maximum Gasteiger partial charge on any atom is 0.277 e. The van der Waals surface area contributed by atoms with Crippen molar-refractivity contribution in [2.24, 2.45) is 5.73 Å². The van der Waals surface area contributed by atoms with Gasteiger partial charge in [0.1, 0.15) is 5.75 Å². The molecule has 0 aliphatic carbocycles. The lowest BCUT2D eigenvalue weighted by molar-refractivity contribution is -0.129. The zero-order chi connectivity index (χ0) is 15.2. The Morgan fingerprint density at radius 3 is 2.70 bits per heavy atom. The molecule has 4 nitrogen and oxygen atoms in total. The fourth-order valence-corrected chi connectivity index (χ4v) is 1.60. The number of nitrogens with one attached hydrogen (secondary N) is 1. The minimum Gasteiger partial charge on any atom is -0.479 e. The minimum absolute atomic E-state index is 0.325. The van der Waals surface area contributed by atoms with Gasteiger partial charge in [-0.2, -0.15) is 0 Å². The number of hydrogen-bond donors (Lipinski definition) is 2. The van der Waals surface area contributed by atoms with Crippen LogP contribution < -0.4 is 15.8 Å². The lowest BCUT2D eigenvalue weighted by Crippen LogP contribution is -2.46. The van der Waals surface area contributed by atoms with E-state index in [0.29, 0.717) is 17.2 Å². The third-order valence-electron chi connectivity index (χ3n) is 2.59.